The van der Waals surface area contributed by atoms with Crippen molar-refractivity contribution in [1.82, 2.24) is 14.9 Å². The Morgan fingerprint density at radius 3 is 3.00 bits per heavy atom. The molecule has 1 rings (SSSR count). The average molecular weight is 246 g/mol. The lowest BCUT2D eigenvalue weighted by Crippen LogP contribution is -2.28. The number of carbonyl (C=O) groups is 1. The first-order valence-electron chi connectivity index (χ1n) is 4.00. The van der Waals surface area contributed by atoms with Crippen LogP contribution in [-0.4, -0.2) is 26.8 Å². The zero-order valence-electron chi connectivity index (χ0n) is 7.62. The number of nitrogens with one attached hydrogen (secondary N) is 1. The summed E-state index contributed by atoms with van der Waals surface area (Å²) in [4.78, 5) is 15.6. The van der Waals surface area contributed by atoms with Gasteiger partial charge in [-0.25, -0.2) is 4.98 Å². The number of hydrogen-bond donors (Lipinski definition) is 1. The first kappa shape index (κ1) is 10.2. The van der Waals surface area contributed by atoms with E-state index in [1.54, 1.807) is 17.1 Å². The topological polar surface area (TPSA) is 46.9 Å². The molecule has 1 atom stereocenters. The summed E-state index contributed by atoms with van der Waals surface area (Å²) in [6.45, 7) is 2.58. The highest BCUT2D eigenvalue weighted by Crippen LogP contribution is 1.97. The van der Waals surface area contributed by atoms with Crippen LogP contribution in [0.1, 0.15) is 17.4 Å². The third-order valence-electron chi connectivity index (χ3n) is 1.48. The van der Waals surface area contributed by atoms with Gasteiger partial charge in [0.15, 0.2) is 0 Å². The molecule has 0 saturated carbocycles. The second kappa shape index (κ2) is 4.41. The van der Waals surface area contributed by atoms with Crippen LogP contribution in [-0.2, 0) is 7.05 Å². The van der Waals surface area contributed by atoms with Gasteiger partial charge in [0.25, 0.3) is 5.91 Å². The fourth-order valence-electron chi connectivity index (χ4n) is 0.854. The van der Waals surface area contributed by atoms with E-state index in [0.29, 0.717) is 12.2 Å². The molecule has 0 saturated heterocycles. The second-order valence-corrected chi connectivity index (χ2v) is 4.48. The molecule has 0 bridgehead atoms. The number of alkyl halides is 1. The maximum absolute atomic E-state index is 11.4. The number of rotatable bonds is 3. The summed E-state index contributed by atoms with van der Waals surface area (Å²) in [6, 6.07) is 0. The maximum atomic E-state index is 11.4. The minimum atomic E-state index is -0.132. The van der Waals surface area contributed by atoms with E-state index in [1.165, 1.54) is 0 Å². The summed E-state index contributed by atoms with van der Waals surface area (Å²) < 4.78 is 1.74. The molecule has 1 N–H and O–H groups in total. The number of hydrogen-bond acceptors (Lipinski definition) is 2. The Morgan fingerprint density at radius 2 is 2.54 bits per heavy atom. The van der Waals surface area contributed by atoms with E-state index in [-0.39, 0.29) is 10.7 Å². The molecule has 0 spiro atoms. The molecule has 0 aliphatic rings. The minimum absolute atomic E-state index is 0.132. The van der Waals surface area contributed by atoms with Gasteiger partial charge in [0.1, 0.15) is 5.69 Å². The van der Waals surface area contributed by atoms with E-state index in [0.717, 1.165) is 0 Å². The molecule has 1 amide bonds. The van der Waals surface area contributed by atoms with Crippen molar-refractivity contribution in [3.63, 3.8) is 0 Å². The van der Waals surface area contributed by atoms with Crippen LogP contribution in [0.25, 0.3) is 0 Å². The normalized spacial score (nSPS) is 12.5. The molecule has 1 heterocycles. The molecule has 13 heavy (non-hydrogen) atoms. The third-order valence-corrected chi connectivity index (χ3v) is 1.81. The number of aryl methyl sites for hydroxylation is 1. The van der Waals surface area contributed by atoms with Gasteiger partial charge in [0.2, 0.25) is 0 Å². The molecule has 0 fully saturated rings. The quantitative estimate of drug-likeness (QED) is 0.806. The van der Waals surface area contributed by atoms with E-state index in [4.69, 9.17) is 0 Å². The minimum Gasteiger partial charge on any atom is -0.350 e. The van der Waals surface area contributed by atoms with Crippen molar-refractivity contribution in [2.24, 2.45) is 7.05 Å². The Hall–Kier alpha value is -0.840. The highest BCUT2D eigenvalue weighted by atomic mass is 79.9. The highest BCUT2D eigenvalue weighted by Gasteiger charge is 2.08. The molecule has 72 valence electrons. The van der Waals surface area contributed by atoms with Crippen LogP contribution in [0.4, 0.5) is 0 Å². The van der Waals surface area contributed by atoms with Crippen molar-refractivity contribution in [2.45, 2.75) is 11.8 Å². The molecule has 0 aliphatic heterocycles. The number of carbonyl (C=O) groups excluding carboxylic acids is 1. The van der Waals surface area contributed by atoms with E-state index in [1.807, 2.05) is 14.0 Å². The van der Waals surface area contributed by atoms with Crippen LogP contribution in [0.15, 0.2) is 12.5 Å². The van der Waals surface area contributed by atoms with Crippen molar-refractivity contribution >= 4 is 21.8 Å². The molecule has 0 aromatic carbocycles. The predicted molar refractivity (Wildman–Crippen MR) is 53.9 cm³/mol. The van der Waals surface area contributed by atoms with Crippen molar-refractivity contribution in [3.8, 4) is 0 Å². The van der Waals surface area contributed by atoms with Gasteiger partial charge in [0, 0.05) is 24.6 Å². The number of aromatic nitrogens is 2. The first-order chi connectivity index (χ1) is 6.09. The van der Waals surface area contributed by atoms with Gasteiger partial charge in [-0.3, -0.25) is 4.79 Å². The van der Waals surface area contributed by atoms with Crippen molar-refractivity contribution in [3.05, 3.63) is 18.2 Å². The van der Waals surface area contributed by atoms with Crippen molar-refractivity contribution < 1.29 is 4.79 Å². The van der Waals surface area contributed by atoms with Crippen LogP contribution in [0.3, 0.4) is 0 Å². The van der Waals surface area contributed by atoms with Gasteiger partial charge < -0.3 is 9.88 Å². The largest absolute Gasteiger partial charge is 0.350 e. The number of halogens is 1. The monoisotopic (exact) mass is 245 g/mol. The lowest BCUT2D eigenvalue weighted by molar-refractivity contribution is 0.0949. The molecule has 4 nitrogen and oxygen atoms in total. The van der Waals surface area contributed by atoms with E-state index in [9.17, 15) is 4.79 Å². The standard InChI is InChI=1S/C8H12BrN3O/c1-6(9)3-10-8(13)7-4-12(2)5-11-7/h4-6H,3H2,1-2H3,(H,10,13). The molecule has 1 aromatic heterocycles. The van der Waals surface area contributed by atoms with Crippen molar-refractivity contribution in [1.29, 1.82) is 0 Å². The van der Waals surface area contributed by atoms with E-state index >= 15 is 0 Å². The smallest absolute Gasteiger partial charge is 0.271 e. The van der Waals surface area contributed by atoms with Gasteiger partial charge in [0.05, 0.1) is 6.33 Å². The molecule has 0 radical (unpaired) electrons. The lowest BCUT2D eigenvalue weighted by atomic mass is 10.4. The van der Waals surface area contributed by atoms with Gasteiger partial charge >= 0.3 is 0 Å². The third kappa shape index (κ3) is 3.18. The lowest BCUT2D eigenvalue weighted by Gasteiger charge is -2.03. The predicted octanol–water partition coefficient (Wildman–Crippen LogP) is 0.933. The second-order valence-electron chi connectivity index (χ2n) is 2.92. The summed E-state index contributed by atoms with van der Waals surface area (Å²) in [7, 11) is 1.83. The Balaban J connectivity index is 2.49. The maximum Gasteiger partial charge on any atom is 0.271 e. The summed E-state index contributed by atoms with van der Waals surface area (Å²) in [6.07, 6.45) is 3.29. The summed E-state index contributed by atoms with van der Waals surface area (Å²) in [5, 5.41) is 2.75. The number of nitrogens with zero attached hydrogens (tertiary/aromatic N) is 2. The molecule has 1 unspecified atom stereocenters. The summed E-state index contributed by atoms with van der Waals surface area (Å²) >= 11 is 3.34. The Labute approximate surface area is 85.5 Å². The van der Waals surface area contributed by atoms with Crippen LogP contribution >= 0.6 is 15.9 Å². The number of amides is 1. The van der Waals surface area contributed by atoms with Crippen LogP contribution < -0.4 is 5.32 Å². The molecule has 5 heteroatoms. The van der Waals surface area contributed by atoms with Crippen LogP contribution in [0, 0.1) is 0 Å². The number of imidazole rings is 1. The average Bonchev–Trinajstić information content (AvgIpc) is 2.47. The highest BCUT2D eigenvalue weighted by molar-refractivity contribution is 9.09. The Morgan fingerprint density at radius 1 is 1.85 bits per heavy atom. The SMILES string of the molecule is CC(Br)CNC(=O)c1cn(C)cn1. The fraction of sp³-hybridized carbons (Fsp3) is 0.500. The van der Waals surface area contributed by atoms with Crippen LogP contribution in [0.2, 0.25) is 0 Å². The van der Waals surface area contributed by atoms with E-state index < -0.39 is 0 Å². The summed E-state index contributed by atoms with van der Waals surface area (Å²) in [5.41, 5.74) is 0.454. The molecule has 0 aliphatic carbocycles. The van der Waals surface area contributed by atoms with Crippen LogP contribution in [0.5, 0.6) is 0 Å². The zero-order valence-corrected chi connectivity index (χ0v) is 9.21. The fourth-order valence-corrected chi connectivity index (χ4v) is 1.02. The van der Waals surface area contributed by atoms with Crippen molar-refractivity contribution in [2.75, 3.05) is 6.54 Å². The van der Waals surface area contributed by atoms with Gasteiger partial charge in [-0.05, 0) is 0 Å². The van der Waals surface area contributed by atoms with Gasteiger partial charge in [-0.2, -0.15) is 0 Å². The van der Waals surface area contributed by atoms with Gasteiger partial charge in [-0.1, -0.05) is 22.9 Å². The Kier molecular flexibility index (Phi) is 3.48. The zero-order chi connectivity index (χ0) is 9.84. The molecule has 1 aromatic rings. The summed E-state index contributed by atoms with van der Waals surface area (Å²) in [5.74, 6) is -0.132. The first-order valence-corrected chi connectivity index (χ1v) is 4.91. The Bertz CT molecular complexity index is 295. The molecular weight excluding hydrogens is 234 g/mol. The molecular formula is C8H12BrN3O. The van der Waals surface area contributed by atoms with E-state index in [2.05, 4.69) is 26.2 Å². The van der Waals surface area contributed by atoms with Gasteiger partial charge in [-0.15, -0.1) is 0 Å².